The number of rotatable bonds is 6. The van der Waals surface area contributed by atoms with Crippen molar-refractivity contribution in [3.63, 3.8) is 0 Å². The van der Waals surface area contributed by atoms with Crippen LogP contribution in [0.4, 0.5) is 0 Å². The third-order valence-corrected chi connectivity index (χ3v) is 5.58. The second kappa shape index (κ2) is 9.25. The van der Waals surface area contributed by atoms with E-state index in [1.165, 1.54) is 11.1 Å². The maximum absolute atomic E-state index is 10.3. The Balaban J connectivity index is 1.78. The highest BCUT2D eigenvalue weighted by atomic mass is 16.5. The average molecular weight is 405 g/mol. The molecule has 0 amide bonds. The van der Waals surface area contributed by atoms with Gasteiger partial charge in [0.15, 0.2) is 0 Å². The molecule has 30 heavy (non-hydrogen) atoms. The molecule has 2 N–H and O–H groups in total. The Morgan fingerprint density at radius 3 is 2.63 bits per heavy atom. The molecule has 2 aromatic carbocycles. The van der Waals surface area contributed by atoms with E-state index in [9.17, 15) is 10.2 Å². The van der Waals surface area contributed by atoms with Crippen molar-refractivity contribution in [1.29, 1.82) is 0 Å². The molecule has 1 heterocycles. The van der Waals surface area contributed by atoms with E-state index in [-0.39, 0.29) is 11.9 Å². The minimum Gasteiger partial charge on any atom is -0.508 e. The molecule has 0 aromatic heterocycles. The summed E-state index contributed by atoms with van der Waals surface area (Å²) in [5, 5.41) is 20.3. The Morgan fingerprint density at radius 2 is 1.90 bits per heavy atom. The van der Waals surface area contributed by atoms with E-state index in [0.717, 1.165) is 40.7 Å². The minimum absolute atomic E-state index is 0.187. The molecule has 0 saturated heterocycles. The van der Waals surface area contributed by atoms with Gasteiger partial charge >= 0.3 is 0 Å². The number of hydrogen-bond acceptors (Lipinski definition) is 3. The van der Waals surface area contributed by atoms with Gasteiger partial charge in [0.05, 0.1) is 0 Å². The summed E-state index contributed by atoms with van der Waals surface area (Å²) in [7, 11) is 0. The first-order chi connectivity index (χ1) is 14.2. The van der Waals surface area contributed by atoms with Gasteiger partial charge in [0.2, 0.25) is 0 Å². The fourth-order valence-corrected chi connectivity index (χ4v) is 3.93. The van der Waals surface area contributed by atoms with Crippen molar-refractivity contribution in [2.45, 2.75) is 59.5 Å². The molecule has 2 aromatic rings. The van der Waals surface area contributed by atoms with Crippen LogP contribution in [0.5, 0.6) is 17.2 Å². The SMILES string of the molecule is C=C1C[C@@H](c2ccc(O)c(C/C=C(\C)CCC=C(C)C)c2)Oc2cc(O)cc(C)c21. The van der Waals surface area contributed by atoms with Gasteiger partial charge in [-0.05, 0) is 87.4 Å². The third-order valence-electron chi connectivity index (χ3n) is 5.58. The van der Waals surface area contributed by atoms with Crippen LogP contribution in [-0.2, 0) is 6.42 Å². The van der Waals surface area contributed by atoms with E-state index in [4.69, 9.17) is 4.74 Å². The molecule has 1 atom stereocenters. The molecule has 1 aliphatic rings. The van der Waals surface area contributed by atoms with E-state index in [1.807, 2.05) is 19.1 Å². The summed E-state index contributed by atoms with van der Waals surface area (Å²) in [6, 6.07) is 9.06. The first-order valence-electron chi connectivity index (χ1n) is 10.5. The quantitative estimate of drug-likeness (QED) is 0.501. The number of phenolic OH excluding ortho intramolecular Hbond substituents is 2. The molecule has 158 valence electrons. The van der Waals surface area contributed by atoms with E-state index < -0.39 is 0 Å². The van der Waals surface area contributed by atoms with Gasteiger partial charge in [-0.15, -0.1) is 0 Å². The van der Waals surface area contributed by atoms with Crippen LogP contribution in [0.3, 0.4) is 0 Å². The molecule has 0 aliphatic carbocycles. The van der Waals surface area contributed by atoms with Crippen LogP contribution in [0.25, 0.3) is 5.57 Å². The molecule has 3 nitrogen and oxygen atoms in total. The molecule has 0 spiro atoms. The molecule has 0 unspecified atom stereocenters. The average Bonchev–Trinajstić information content (AvgIpc) is 2.66. The zero-order valence-electron chi connectivity index (χ0n) is 18.5. The van der Waals surface area contributed by atoms with Crippen LogP contribution in [-0.4, -0.2) is 10.2 Å². The van der Waals surface area contributed by atoms with E-state index >= 15 is 0 Å². The fraction of sp³-hybridized carbons (Fsp3) is 0.333. The van der Waals surface area contributed by atoms with Gasteiger partial charge in [-0.1, -0.05) is 35.9 Å². The zero-order valence-corrected chi connectivity index (χ0v) is 18.5. The molecule has 1 aliphatic heterocycles. The van der Waals surface area contributed by atoms with Crippen LogP contribution in [0, 0.1) is 6.92 Å². The van der Waals surface area contributed by atoms with Crippen LogP contribution in [0.2, 0.25) is 0 Å². The van der Waals surface area contributed by atoms with Gasteiger partial charge in [-0.3, -0.25) is 0 Å². The molecule has 0 saturated carbocycles. The molecule has 0 radical (unpaired) electrons. The lowest BCUT2D eigenvalue weighted by atomic mass is 9.90. The van der Waals surface area contributed by atoms with E-state index in [1.54, 1.807) is 18.2 Å². The van der Waals surface area contributed by atoms with Crippen molar-refractivity contribution < 1.29 is 14.9 Å². The van der Waals surface area contributed by atoms with Crippen molar-refractivity contribution in [3.8, 4) is 17.2 Å². The summed E-state index contributed by atoms with van der Waals surface area (Å²) in [4.78, 5) is 0. The number of hydrogen-bond donors (Lipinski definition) is 2. The lowest BCUT2D eigenvalue weighted by molar-refractivity contribution is 0.201. The molecular formula is C27H32O3. The summed E-state index contributed by atoms with van der Waals surface area (Å²) < 4.78 is 6.22. The molecule has 0 bridgehead atoms. The van der Waals surface area contributed by atoms with E-state index in [2.05, 4.69) is 39.5 Å². The van der Waals surface area contributed by atoms with Gasteiger partial charge in [0.25, 0.3) is 0 Å². The van der Waals surface area contributed by atoms with Crippen LogP contribution >= 0.6 is 0 Å². The highest BCUT2D eigenvalue weighted by Gasteiger charge is 2.26. The second-order valence-corrected chi connectivity index (χ2v) is 8.51. The van der Waals surface area contributed by atoms with Gasteiger partial charge in [0, 0.05) is 18.1 Å². The monoisotopic (exact) mass is 404 g/mol. The smallest absolute Gasteiger partial charge is 0.131 e. The predicted molar refractivity (Wildman–Crippen MR) is 124 cm³/mol. The Bertz CT molecular complexity index is 1010. The number of phenols is 2. The molecule has 3 heteroatoms. The summed E-state index contributed by atoms with van der Waals surface area (Å²) in [6.45, 7) is 12.6. The van der Waals surface area contributed by atoms with Crippen LogP contribution in [0.15, 0.2) is 60.2 Å². The van der Waals surface area contributed by atoms with Gasteiger partial charge in [-0.25, -0.2) is 0 Å². The summed E-state index contributed by atoms with van der Waals surface area (Å²) in [6.07, 6.45) is 7.69. The second-order valence-electron chi connectivity index (χ2n) is 8.51. The maximum atomic E-state index is 10.3. The Labute approximate surface area is 180 Å². The van der Waals surface area contributed by atoms with Crippen molar-refractivity contribution in [1.82, 2.24) is 0 Å². The van der Waals surface area contributed by atoms with Crippen molar-refractivity contribution in [2.24, 2.45) is 0 Å². The minimum atomic E-state index is -0.187. The standard InChI is InChI=1S/C27H32O3/c1-17(2)7-6-8-18(3)9-10-21-15-22(11-12-24(21)29)25-14-20(5)27-19(4)13-23(28)16-26(27)30-25/h7,9,11-13,15-16,25,28-29H,5-6,8,10,14H2,1-4H3/b18-9+/t25-/m0/s1. The highest BCUT2D eigenvalue weighted by molar-refractivity contribution is 5.74. The number of benzene rings is 2. The maximum Gasteiger partial charge on any atom is 0.131 e. The lowest BCUT2D eigenvalue weighted by Gasteiger charge is -2.29. The molecule has 3 rings (SSSR count). The number of fused-ring (bicyclic) bond motifs is 1. The first kappa shape index (κ1) is 21.8. The van der Waals surface area contributed by atoms with Crippen molar-refractivity contribution in [3.05, 3.63) is 82.5 Å². The van der Waals surface area contributed by atoms with Gasteiger partial charge in [0.1, 0.15) is 23.4 Å². The number of ether oxygens (including phenoxy) is 1. The largest absolute Gasteiger partial charge is 0.508 e. The predicted octanol–water partition coefficient (Wildman–Crippen LogP) is 7.18. The van der Waals surface area contributed by atoms with Crippen LogP contribution in [0.1, 0.15) is 68.4 Å². The number of aryl methyl sites for hydroxylation is 1. The lowest BCUT2D eigenvalue weighted by Crippen LogP contribution is -2.15. The van der Waals surface area contributed by atoms with Crippen molar-refractivity contribution >= 4 is 5.57 Å². The first-order valence-corrected chi connectivity index (χ1v) is 10.5. The highest BCUT2D eigenvalue weighted by Crippen LogP contribution is 2.44. The Kier molecular flexibility index (Phi) is 6.71. The summed E-state index contributed by atoms with van der Waals surface area (Å²) >= 11 is 0. The van der Waals surface area contributed by atoms with Crippen LogP contribution < -0.4 is 4.74 Å². The third kappa shape index (κ3) is 5.15. The Morgan fingerprint density at radius 1 is 1.13 bits per heavy atom. The number of aromatic hydroxyl groups is 2. The zero-order chi connectivity index (χ0) is 21.8. The topological polar surface area (TPSA) is 49.7 Å². The van der Waals surface area contributed by atoms with Gasteiger partial charge in [-0.2, -0.15) is 0 Å². The molecular weight excluding hydrogens is 372 g/mol. The molecule has 0 fully saturated rings. The fourth-order valence-electron chi connectivity index (χ4n) is 3.93. The van der Waals surface area contributed by atoms with Gasteiger partial charge < -0.3 is 14.9 Å². The summed E-state index contributed by atoms with van der Waals surface area (Å²) in [5.41, 5.74) is 7.51. The number of allylic oxidation sites excluding steroid dienone is 4. The normalized spacial score (nSPS) is 16.1. The summed E-state index contributed by atoms with van der Waals surface area (Å²) in [5.74, 6) is 1.16. The van der Waals surface area contributed by atoms with E-state index in [0.29, 0.717) is 24.3 Å². The van der Waals surface area contributed by atoms with Crippen molar-refractivity contribution in [2.75, 3.05) is 0 Å². The Hall–Kier alpha value is -2.94.